The van der Waals surface area contributed by atoms with Gasteiger partial charge in [0.1, 0.15) is 0 Å². The number of anilines is 1. The Bertz CT molecular complexity index is 1050. The normalized spacial score (nSPS) is 12.9. The first-order valence-corrected chi connectivity index (χ1v) is 10.5. The summed E-state index contributed by atoms with van der Waals surface area (Å²) < 4.78 is 6.93. The van der Waals surface area contributed by atoms with E-state index in [9.17, 15) is 9.90 Å². The Labute approximate surface area is 179 Å². The number of aliphatic carboxylic acids is 1. The number of benzene rings is 2. The monoisotopic (exact) mass is 432 g/mol. The van der Waals surface area contributed by atoms with Crippen molar-refractivity contribution in [3.05, 3.63) is 46.5 Å². The minimum atomic E-state index is -1.10. The van der Waals surface area contributed by atoms with Gasteiger partial charge >= 0.3 is 5.97 Å². The Hall–Kier alpha value is -2.15. The van der Waals surface area contributed by atoms with Gasteiger partial charge in [-0.1, -0.05) is 35.1 Å². The summed E-state index contributed by atoms with van der Waals surface area (Å²) in [4.78, 5) is 18.9. The molecule has 0 aliphatic rings. The van der Waals surface area contributed by atoms with E-state index in [0.717, 1.165) is 32.0 Å². The number of aryl methyl sites for hydroxylation is 1. The summed E-state index contributed by atoms with van der Waals surface area (Å²) in [6.45, 7) is 7.48. The molecule has 3 aromatic rings. The first-order chi connectivity index (χ1) is 13.5. The fourth-order valence-electron chi connectivity index (χ4n) is 3.22. The molecular formula is C22H25ClN2O3S. The van der Waals surface area contributed by atoms with Crippen LogP contribution in [0.5, 0.6) is 0 Å². The first kappa shape index (κ1) is 21.6. The highest BCUT2D eigenvalue weighted by atomic mass is 35.5. The second kappa shape index (κ2) is 7.94. The van der Waals surface area contributed by atoms with Gasteiger partial charge in [0.25, 0.3) is 0 Å². The third kappa shape index (κ3) is 4.55. The van der Waals surface area contributed by atoms with Gasteiger partial charge in [-0.3, -0.25) is 0 Å². The molecule has 0 bridgehead atoms. The highest BCUT2D eigenvalue weighted by Crippen LogP contribution is 2.44. The van der Waals surface area contributed by atoms with Crippen molar-refractivity contribution in [3.8, 4) is 11.1 Å². The maximum absolute atomic E-state index is 12.3. The molecule has 3 rings (SSSR count). The lowest BCUT2D eigenvalue weighted by Crippen LogP contribution is -2.28. The van der Waals surface area contributed by atoms with Crippen molar-refractivity contribution in [2.45, 2.75) is 39.4 Å². The number of fused-ring (bicyclic) bond motifs is 1. The summed E-state index contributed by atoms with van der Waals surface area (Å²) in [5.74, 6) is -1.02. The van der Waals surface area contributed by atoms with E-state index in [1.54, 1.807) is 0 Å². The predicted molar refractivity (Wildman–Crippen MR) is 120 cm³/mol. The summed E-state index contributed by atoms with van der Waals surface area (Å²) in [5, 5.41) is 11.5. The van der Waals surface area contributed by atoms with Gasteiger partial charge in [-0.05, 0) is 57.0 Å². The first-order valence-electron chi connectivity index (χ1n) is 9.26. The molecule has 29 heavy (non-hydrogen) atoms. The van der Waals surface area contributed by atoms with Gasteiger partial charge in [0.2, 0.25) is 0 Å². The van der Waals surface area contributed by atoms with Crippen LogP contribution in [0.15, 0.2) is 30.3 Å². The van der Waals surface area contributed by atoms with Gasteiger partial charge in [-0.25, -0.2) is 9.78 Å². The molecule has 0 spiro atoms. The van der Waals surface area contributed by atoms with E-state index >= 15 is 0 Å². The minimum Gasteiger partial charge on any atom is -0.479 e. The van der Waals surface area contributed by atoms with Gasteiger partial charge < -0.3 is 14.7 Å². The second-order valence-corrected chi connectivity index (χ2v) is 9.59. The standard InChI is InChI=1S/C22H25ClN2O3S/c1-12-11-15-19(29-21(24-15)25(5)6)17(13-7-9-14(23)10-8-13)16(12)18(20(26)27)28-22(2,3)4/h7-11,18H,1-6H3,(H,26,27)/t18-/m0/s1. The third-order valence-corrected chi connectivity index (χ3v) is 5.90. The molecule has 1 aromatic heterocycles. The smallest absolute Gasteiger partial charge is 0.337 e. The lowest BCUT2D eigenvalue weighted by molar-refractivity contribution is -0.160. The van der Waals surface area contributed by atoms with Crippen LogP contribution in [0.1, 0.15) is 38.0 Å². The fraction of sp³-hybridized carbons (Fsp3) is 0.364. The van der Waals surface area contributed by atoms with E-state index in [0.29, 0.717) is 10.6 Å². The number of carboxylic acid groups (broad SMARTS) is 1. The highest BCUT2D eigenvalue weighted by Gasteiger charge is 2.32. The molecule has 0 aliphatic carbocycles. The second-order valence-electron chi connectivity index (χ2n) is 8.18. The van der Waals surface area contributed by atoms with Gasteiger partial charge in [-0.2, -0.15) is 0 Å². The van der Waals surface area contributed by atoms with Crippen molar-refractivity contribution in [2.75, 3.05) is 19.0 Å². The van der Waals surface area contributed by atoms with Crippen molar-refractivity contribution >= 4 is 44.3 Å². The fourth-order valence-corrected chi connectivity index (χ4v) is 4.39. The number of aromatic nitrogens is 1. The molecule has 5 nitrogen and oxygen atoms in total. The van der Waals surface area contributed by atoms with Crippen LogP contribution in [0.4, 0.5) is 5.13 Å². The maximum Gasteiger partial charge on any atom is 0.337 e. The average molecular weight is 433 g/mol. The molecule has 0 unspecified atom stereocenters. The Morgan fingerprint density at radius 2 is 1.86 bits per heavy atom. The highest BCUT2D eigenvalue weighted by molar-refractivity contribution is 7.22. The molecule has 0 saturated carbocycles. The summed E-state index contributed by atoms with van der Waals surface area (Å²) in [5.41, 5.74) is 3.41. The molecular weight excluding hydrogens is 408 g/mol. The molecule has 1 atom stereocenters. The number of halogens is 1. The van der Waals surface area contributed by atoms with Gasteiger partial charge in [0.05, 0.1) is 15.8 Å². The van der Waals surface area contributed by atoms with Crippen LogP contribution in [-0.4, -0.2) is 35.8 Å². The van der Waals surface area contributed by atoms with Crippen LogP contribution < -0.4 is 4.90 Å². The van der Waals surface area contributed by atoms with E-state index < -0.39 is 17.7 Å². The van der Waals surface area contributed by atoms with Crippen molar-refractivity contribution < 1.29 is 14.6 Å². The number of carbonyl (C=O) groups is 1. The van der Waals surface area contributed by atoms with Gasteiger partial charge in [-0.15, -0.1) is 0 Å². The van der Waals surface area contributed by atoms with Crippen molar-refractivity contribution in [3.63, 3.8) is 0 Å². The van der Waals surface area contributed by atoms with Crippen LogP contribution in [0.25, 0.3) is 21.3 Å². The van der Waals surface area contributed by atoms with E-state index in [1.165, 1.54) is 11.3 Å². The molecule has 7 heteroatoms. The topological polar surface area (TPSA) is 62.7 Å². The predicted octanol–water partition coefficient (Wildman–Crippen LogP) is 5.93. The number of nitrogens with zero attached hydrogens (tertiary/aromatic N) is 2. The van der Waals surface area contributed by atoms with E-state index in [2.05, 4.69) is 0 Å². The zero-order valence-corrected chi connectivity index (χ0v) is 19.0. The van der Waals surface area contributed by atoms with Crippen LogP contribution in [0.2, 0.25) is 5.02 Å². The molecule has 154 valence electrons. The zero-order valence-electron chi connectivity index (χ0n) is 17.4. The van der Waals surface area contributed by atoms with E-state index in [4.69, 9.17) is 21.3 Å². The number of rotatable bonds is 5. The van der Waals surface area contributed by atoms with E-state index in [1.807, 2.05) is 77.0 Å². The number of hydrogen-bond donors (Lipinski definition) is 1. The van der Waals surface area contributed by atoms with Crippen molar-refractivity contribution in [1.82, 2.24) is 4.98 Å². The molecule has 0 amide bonds. The molecule has 1 heterocycles. The Balaban J connectivity index is 2.38. The summed E-state index contributed by atoms with van der Waals surface area (Å²) in [7, 11) is 3.88. The molecule has 0 saturated heterocycles. The SMILES string of the molecule is Cc1cc2nc(N(C)C)sc2c(-c2ccc(Cl)cc2)c1[C@H](OC(C)(C)C)C(=O)O. The Morgan fingerprint density at radius 3 is 2.38 bits per heavy atom. The average Bonchev–Trinajstić information content (AvgIpc) is 3.02. The third-order valence-electron chi connectivity index (χ3n) is 4.39. The Kier molecular flexibility index (Phi) is 5.90. The largest absolute Gasteiger partial charge is 0.479 e. The molecule has 0 radical (unpaired) electrons. The minimum absolute atomic E-state index is 0.621. The van der Waals surface area contributed by atoms with E-state index in [-0.39, 0.29) is 0 Å². The number of ether oxygens (including phenoxy) is 1. The van der Waals surface area contributed by atoms with Gasteiger partial charge in [0, 0.05) is 30.2 Å². The van der Waals surface area contributed by atoms with Crippen LogP contribution >= 0.6 is 22.9 Å². The van der Waals surface area contributed by atoms with Crippen molar-refractivity contribution in [1.29, 1.82) is 0 Å². The Morgan fingerprint density at radius 1 is 1.24 bits per heavy atom. The van der Waals surface area contributed by atoms with Crippen LogP contribution in [0.3, 0.4) is 0 Å². The zero-order chi connectivity index (χ0) is 21.5. The maximum atomic E-state index is 12.3. The molecule has 0 aliphatic heterocycles. The molecule has 2 aromatic carbocycles. The van der Waals surface area contributed by atoms with Crippen molar-refractivity contribution in [2.24, 2.45) is 0 Å². The summed E-state index contributed by atoms with van der Waals surface area (Å²) in [6.07, 6.45) is -1.10. The summed E-state index contributed by atoms with van der Waals surface area (Å²) >= 11 is 7.63. The summed E-state index contributed by atoms with van der Waals surface area (Å²) in [6, 6.07) is 9.37. The lowest BCUT2D eigenvalue weighted by atomic mass is 9.91. The lowest BCUT2D eigenvalue weighted by Gasteiger charge is -2.28. The molecule has 1 N–H and O–H groups in total. The van der Waals surface area contributed by atoms with Crippen LogP contribution in [-0.2, 0) is 9.53 Å². The molecule has 0 fully saturated rings. The number of hydrogen-bond acceptors (Lipinski definition) is 5. The van der Waals surface area contributed by atoms with Crippen LogP contribution in [0, 0.1) is 6.92 Å². The quantitative estimate of drug-likeness (QED) is 0.541. The van der Waals surface area contributed by atoms with Gasteiger partial charge in [0.15, 0.2) is 11.2 Å². The number of thiazole rings is 1. The number of carboxylic acids is 1.